The summed E-state index contributed by atoms with van der Waals surface area (Å²) in [6.45, 7) is -0.260. The van der Waals surface area contributed by atoms with Crippen LogP contribution in [0.2, 0.25) is 0 Å². The first-order valence-electron chi connectivity index (χ1n) is 11.3. The number of phenols is 1. The maximum absolute atomic E-state index is 13.5. The van der Waals surface area contributed by atoms with Gasteiger partial charge in [0.15, 0.2) is 9.75 Å². The first-order valence-corrected chi connectivity index (χ1v) is 12.8. The van der Waals surface area contributed by atoms with Crippen LogP contribution in [0, 0.1) is 17.8 Å². The largest absolute Gasteiger partial charge is 0.508 e. The number of likely N-dealkylation sites (tertiary alicyclic amines) is 2. The van der Waals surface area contributed by atoms with Crippen molar-refractivity contribution >= 4 is 68.7 Å². The van der Waals surface area contributed by atoms with Gasteiger partial charge in [-0.25, -0.2) is 0 Å². The lowest BCUT2D eigenvalue weighted by Crippen LogP contribution is -2.60. The normalized spacial score (nSPS) is 35.5. The molecule has 9 nitrogen and oxygen atoms in total. The van der Waals surface area contributed by atoms with Gasteiger partial charge >= 0.3 is 5.97 Å². The van der Waals surface area contributed by atoms with Crippen LogP contribution in [0.4, 0.5) is 0 Å². The van der Waals surface area contributed by atoms with Crippen molar-refractivity contribution < 1.29 is 34.2 Å². The molecule has 190 valence electrons. The maximum atomic E-state index is 13.5. The van der Waals surface area contributed by atoms with Crippen molar-refractivity contribution in [2.24, 2.45) is 17.8 Å². The fourth-order valence-corrected chi connectivity index (χ4v) is 7.73. The van der Waals surface area contributed by atoms with Crippen LogP contribution in [0.3, 0.4) is 0 Å². The molecule has 3 fully saturated rings. The number of hydrogen-bond donors (Lipinski definition) is 2. The topological polar surface area (TPSA) is 132 Å². The van der Waals surface area contributed by atoms with E-state index in [2.05, 4.69) is 15.9 Å². The number of alkyl halides is 2. The number of halogens is 3. The van der Waals surface area contributed by atoms with E-state index in [1.165, 1.54) is 13.1 Å². The van der Waals surface area contributed by atoms with E-state index in [0.717, 1.165) is 9.80 Å². The van der Waals surface area contributed by atoms with E-state index in [-0.39, 0.29) is 30.7 Å². The van der Waals surface area contributed by atoms with Gasteiger partial charge in [0.2, 0.25) is 11.8 Å². The summed E-state index contributed by atoms with van der Waals surface area (Å²) in [6, 6.07) is 4.62. The molecule has 0 spiro atoms. The fourth-order valence-electron chi connectivity index (χ4n) is 6.34. The maximum Gasteiger partial charge on any atom is 0.305 e. The molecular weight excluding hydrogens is 579 g/mol. The van der Waals surface area contributed by atoms with E-state index in [9.17, 15) is 29.1 Å². The summed E-state index contributed by atoms with van der Waals surface area (Å²) in [5, 5.41) is 19.9. The van der Waals surface area contributed by atoms with E-state index in [1.807, 2.05) is 0 Å². The van der Waals surface area contributed by atoms with Gasteiger partial charge in [0.05, 0.1) is 18.3 Å². The number of aliphatic carboxylic acids is 1. The lowest BCUT2D eigenvalue weighted by molar-refractivity contribution is -0.143. The highest BCUT2D eigenvalue weighted by molar-refractivity contribution is 9.10. The Kier molecular flexibility index (Phi) is 5.81. The highest BCUT2D eigenvalue weighted by Gasteiger charge is 2.76. The second kappa shape index (κ2) is 8.29. The zero-order chi connectivity index (χ0) is 26.3. The van der Waals surface area contributed by atoms with Gasteiger partial charge in [0.25, 0.3) is 11.8 Å². The molecule has 2 N–H and O–H groups in total. The van der Waals surface area contributed by atoms with E-state index in [0.29, 0.717) is 10.0 Å². The van der Waals surface area contributed by atoms with Crippen LogP contribution in [-0.2, 0) is 24.0 Å². The molecule has 1 saturated carbocycles. The van der Waals surface area contributed by atoms with Crippen LogP contribution < -0.4 is 0 Å². The van der Waals surface area contributed by atoms with Gasteiger partial charge in [-0.1, -0.05) is 27.6 Å². The molecular formula is C24H21BrCl2N2O7. The lowest BCUT2D eigenvalue weighted by atomic mass is 9.56. The lowest BCUT2D eigenvalue weighted by Gasteiger charge is -2.50. The van der Waals surface area contributed by atoms with Crippen LogP contribution in [0.15, 0.2) is 34.3 Å². The Labute approximate surface area is 224 Å². The number of carboxylic acid groups (broad SMARTS) is 1. The summed E-state index contributed by atoms with van der Waals surface area (Å²) in [4.78, 5) is 62.3. The first kappa shape index (κ1) is 25.2. The van der Waals surface area contributed by atoms with Gasteiger partial charge in [-0.15, -0.1) is 23.2 Å². The second-order valence-corrected chi connectivity index (χ2v) is 11.8. The van der Waals surface area contributed by atoms with Gasteiger partial charge in [-0.05, 0) is 37.0 Å². The number of carbonyl (C=O) groups excluding carboxylic acids is 4. The molecule has 36 heavy (non-hydrogen) atoms. The van der Waals surface area contributed by atoms with Crippen LogP contribution in [0.5, 0.6) is 5.75 Å². The van der Waals surface area contributed by atoms with Crippen molar-refractivity contribution in [1.82, 2.24) is 9.80 Å². The number of aromatic hydroxyl groups is 1. The Hall–Kier alpha value is -2.43. The second-order valence-electron chi connectivity index (χ2n) is 9.67. The predicted molar refractivity (Wildman–Crippen MR) is 130 cm³/mol. The number of nitrogens with zero attached hydrogens (tertiary/aromatic N) is 2. The molecule has 1 aromatic rings. The summed E-state index contributed by atoms with van der Waals surface area (Å²) in [5.74, 6) is -7.19. The molecule has 0 radical (unpaired) electrons. The minimum Gasteiger partial charge on any atom is -0.508 e. The molecule has 0 bridgehead atoms. The average Bonchev–Trinajstić information content (AvgIpc) is 3.14. The molecule has 1 aromatic carbocycles. The number of fused-ring (bicyclic) bond motifs is 4. The number of allylic oxidation sites excluding steroid dienone is 2. The number of amides is 4. The minimum absolute atomic E-state index is 0.163. The quantitative estimate of drug-likeness (QED) is 0.309. The molecule has 4 amide bonds. The van der Waals surface area contributed by atoms with Crippen LogP contribution in [0.25, 0.3) is 0 Å². The molecule has 6 unspecified atom stereocenters. The number of rotatable bonds is 4. The Morgan fingerprint density at radius 1 is 1.14 bits per heavy atom. The van der Waals surface area contributed by atoms with Crippen molar-refractivity contribution in [3.8, 4) is 5.75 Å². The number of carboxylic acids is 1. The van der Waals surface area contributed by atoms with Gasteiger partial charge < -0.3 is 10.2 Å². The van der Waals surface area contributed by atoms with E-state index >= 15 is 0 Å². The number of phenolic OH excluding ortho intramolecular Hbond substituents is 1. The SMILES string of the molecule is CN1C(=O)C2(Cl)CC3C(=CCC4C(=O)N(CCC(=O)O)C(=O)C43)C(c3cc(Br)ccc3O)C2(Cl)C1=O. The molecule has 2 aliphatic heterocycles. The standard InChI is InChI=1S/C24H21BrCl2N2O7/c1-28-21(35)23(26)9-14-11(3-4-12-17(14)20(34)29(19(12)33)7-6-16(31)32)18(24(23,27)22(28)36)13-8-10(25)2-5-15(13)30/h2-3,5,8,12,14,17-18,30H,4,6-7,9H2,1H3,(H,31,32). The van der Waals surface area contributed by atoms with Crippen molar-refractivity contribution in [1.29, 1.82) is 0 Å². The first-order chi connectivity index (χ1) is 16.8. The summed E-state index contributed by atoms with van der Waals surface area (Å²) in [7, 11) is 1.29. The molecule has 0 aromatic heterocycles. The van der Waals surface area contributed by atoms with Crippen LogP contribution in [0.1, 0.15) is 30.7 Å². The smallest absolute Gasteiger partial charge is 0.305 e. The fraction of sp³-hybridized carbons (Fsp3) is 0.458. The van der Waals surface area contributed by atoms with E-state index < -0.39 is 69.4 Å². The monoisotopic (exact) mass is 598 g/mol. The highest BCUT2D eigenvalue weighted by atomic mass is 79.9. The number of hydrogen-bond acceptors (Lipinski definition) is 6. The third-order valence-corrected chi connectivity index (χ3v) is 9.86. The highest BCUT2D eigenvalue weighted by Crippen LogP contribution is 2.66. The zero-order valence-corrected chi connectivity index (χ0v) is 22.0. The summed E-state index contributed by atoms with van der Waals surface area (Å²) >= 11 is 17.4. The molecule has 12 heteroatoms. The Balaban J connectivity index is 1.68. The van der Waals surface area contributed by atoms with Gasteiger partial charge in [0.1, 0.15) is 5.75 Å². The number of benzene rings is 1. The molecule has 6 atom stereocenters. The van der Waals surface area contributed by atoms with Gasteiger partial charge in [0, 0.05) is 29.5 Å². The minimum atomic E-state index is -1.98. The summed E-state index contributed by atoms with van der Waals surface area (Å²) in [6.07, 6.45) is 1.35. The Morgan fingerprint density at radius 3 is 2.50 bits per heavy atom. The van der Waals surface area contributed by atoms with E-state index in [4.69, 9.17) is 28.3 Å². The van der Waals surface area contributed by atoms with Crippen molar-refractivity contribution in [2.75, 3.05) is 13.6 Å². The molecule has 2 saturated heterocycles. The van der Waals surface area contributed by atoms with Crippen LogP contribution in [-0.4, -0.2) is 73.0 Å². The average molecular weight is 600 g/mol. The Bertz CT molecular complexity index is 1280. The number of imide groups is 2. The third-order valence-electron chi connectivity index (χ3n) is 7.96. The molecule has 4 aliphatic rings. The van der Waals surface area contributed by atoms with Crippen LogP contribution >= 0.6 is 39.1 Å². The number of carbonyl (C=O) groups is 5. The molecule has 5 rings (SSSR count). The molecule has 2 aliphatic carbocycles. The van der Waals surface area contributed by atoms with Crippen molar-refractivity contribution in [3.63, 3.8) is 0 Å². The van der Waals surface area contributed by atoms with Crippen molar-refractivity contribution in [3.05, 3.63) is 39.9 Å². The predicted octanol–water partition coefficient (Wildman–Crippen LogP) is 2.62. The summed E-state index contributed by atoms with van der Waals surface area (Å²) < 4.78 is 0.587. The molecule has 2 heterocycles. The summed E-state index contributed by atoms with van der Waals surface area (Å²) in [5.41, 5.74) is 0.809. The zero-order valence-electron chi connectivity index (χ0n) is 18.9. The van der Waals surface area contributed by atoms with Gasteiger partial charge in [-0.2, -0.15) is 0 Å². The Morgan fingerprint density at radius 2 is 1.83 bits per heavy atom. The third kappa shape index (κ3) is 3.16. The van der Waals surface area contributed by atoms with E-state index in [1.54, 1.807) is 18.2 Å². The van der Waals surface area contributed by atoms with Crippen molar-refractivity contribution in [2.45, 2.75) is 34.9 Å². The van der Waals surface area contributed by atoms with Gasteiger partial charge in [-0.3, -0.25) is 33.8 Å².